The summed E-state index contributed by atoms with van der Waals surface area (Å²) in [5.41, 5.74) is 5.13. The SMILES string of the molecule is Cc1ccc(C(C)NC(=O)c2ccc(C)c(N(C)S(C)(=O)=O)c2)cc1C. The number of sulfonamides is 1. The van der Waals surface area contributed by atoms with Crippen LogP contribution in [0.2, 0.25) is 0 Å². The van der Waals surface area contributed by atoms with Gasteiger partial charge in [-0.25, -0.2) is 8.42 Å². The third-order valence-corrected chi connectivity index (χ3v) is 5.88. The summed E-state index contributed by atoms with van der Waals surface area (Å²) >= 11 is 0. The van der Waals surface area contributed by atoms with Crippen molar-refractivity contribution < 1.29 is 13.2 Å². The third kappa shape index (κ3) is 4.43. The number of nitrogens with one attached hydrogen (secondary N) is 1. The lowest BCUT2D eigenvalue weighted by atomic mass is 10.0. The van der Waals surface area contributed by atoms with Crippen LogP contribution in [0.15, 0.2) is 36.4 Å². The highest BCUT2D eigenvalue weighted by atomic mass is 32.2. The lowest BCUT2D eigenvalue weighted by Gasteiger charge is -2.20. The second kappa shape index (κ2) is 7.50. The average Bonchev–Trinajstić information content (AvgIpc) is 2.56. The molecule has 1 atom stereocenters. The van der Waals surface area contributed by atoms with Gasteiger partial charge in [0.2, 0.25) is 10.0 Å². The molecule has 0 aliphatic heterocycles. The van der Waals surface area contributed by atoms with Crippen LogP contribution in [0.4, 0.5) is 5.69 Å². The molecule has 2 rings (SSSR count). The van der Waals surface area contributed by atoms with Crippen LogP contribution in [0, 0.1) is 20.8 Å². The van der Waals surface area contributed by atoms with E-state index in [1.807, 2.05) is 32.9 Å². The van der Waals surface area contributed by atoms with E-state index in [4.69, 9.17) is 0 Å². The molecule has 1 unspecified atom stereocenters. The van der Waals surface area contributed by atoms with Gasteiger partial charge >= 0.3 is 0 Å². The summed E-state index contributed by atoms with van der Waals surface area (Å²) in [6, 6.07) is 11.0. The van der Waals surface area contributed by atoms with Gasteiger partial charge in [-0.15, -0.1) is 0 Å². The molecule has 0 spiro atoms. The van der Waals surface area contributed by atoms with E-state index in [0.717, 1.165) is 17.4 Å². The van der Waals surface area contributed by atoms with Crippen LogP contribution in [0.1, 0.15) is 45.6 Å². The second-order valence-electron chi connectivity index (χ2n) is 6.77. The zero-order valence-electron chi connectivity index (χ0n) is 16.1. The maximum absolute atomic E-state index is 12.6. The van der Waals surface area contributed by atoms with Crippen molar-refractivity contribution in [2.24, 2.45) is 0 Å². The molecule has 0 bridgehead atoms. The molecule has 6 heteroatoms. The fourth-order valence-corrected chi connectivity index (χ4v) is 3.22. The first-order valence-electron chi connectivity index (χ1n) is 8.43. The lowest BCUT2D eigenvalue weighted by Crippen LogP contribution is -2.28. The average molecular weight is 375 g/mol. The van der Waals surface area contributed by atoms with E-state index in [9.17, 15) is 13.2 Å². The molecule has 0 heterocycles. The number of amides is 1. The number of carbonyl (C=O) groups is 1. The number of anilines is 1. The summed E-state index contributed by atoms with van der Waals surface area (Å²) in [5.74, 6) is -0.237. The van der Waals surface area contributed by atoms with Crippen molar-refractivity contribution >= 4 is 21.6 Å². The minimum Gasteiger partial charge on any atom is -0.346 e. The highest BCUT2D eigenvalue weighted by molar-refractivity contribution is 7.92. The molecular formula is C20H26N2O3S. The molecule has 2 aromatic carbocycles. The summed E-state index contributed by atoms with van der Waals surface area (Å²) in [5, 5.41) is 2.98. The summed E-state index contributed by atoms with van der Waals surface area (Å²) in [6.07, 6.45) is 1.14. The molecule has 140 valence electrons. The number of nitrogens with zero attached hydrogens (tertiary/aromatic N) is 1. The van der Waals surface area contributed by atoms with Crippen LogP contribution in [0.3, 0.4) is 0 Å². The van der Waals surface area contributed by atoms with Gasteiger partial charge in [-0.3, -0.25) is 9.10 Å². The minimum atomic E-state index is -3.39. The molecule has 0 aliphatic carbocycles. The fourth-order valence-electron chi connectivity index (χ4n) is 2.67. The van der Waals surface area contributed by atoms with Crippen molar-refractivity contribution in [2.45, 2.75) is 33.7 Å². The van der Waals surface area contributed by atoms with E-state index < -0.39 is 10.0 Å². The number of aryl methyl sites for hydroxylation is 3. The molecular weight excluding hydrogens is 348 g/mol. The molecule has 26 heavy (non-hydrogen) atoms. The maximum Gasteiger partial charge on any atom is 0.251 e. The van der Waals surface area contributed by atoms with E-state index in [2.05, 4.69) is 18.3 Å². The van der Waals surface area contributed by atoms with Crippen molar-refractivity contribution in [3.05, 3.63) is 64.2 Å². The highest BCUT2D eigenvalue weighted by Gasteiger charge is 2.18. The Labute approximate surface area is 156 Å². The van der Waals surface area contributed by atoms with Gasteiger partial charge in [0.05, 0.1) is 18.0 Å². The van der Waals surface area contributed by atoms with E-state index >= 15 is 0 Å². The van der Waals surface area contributed by atoms with Gasteiger partial charge in [0.1, 0.15) is 0 Å². The number of hydrogen-bond donors (Lipinski definition) is 1. The topological polar surface area (TPSA) is 66.5 Å². The Kier molecular flexibility index (Phi) is 5.76. The summed E-state index contributed by atoms with van der Waals surface area (Å²) in [4.78, 5) is 12.6. The minimum absolute atomic E-state index is 0.154. The van der Waals surface area contributed by atoms with Crippen LogP contribution in [-0.4, -0.2) is 27.6 Å². The smallest absolute Gasteiger partial charge is 0.251 e. The van der Waals surface area contributed by atoms with Gasteiger partial charge in [0.25, 0.3) is 5.91 Å². The third-order valence-electron chi connectivity index (χ3n) is 4.69. The Balaban J connectivity index is 2.25. The Morgan fingerprint density at radius 3 is 2.19 bits per heavy atom. The van der Waals surface area contributed by atoms with Crippen molar-refractivity contribution in [1.82, 2.24) is 5.32 Å². The first-order valence-corrected chi connectivity index (χ1v) is 10.3. The molecule has 0 saturated carbocycles. The van der Waals surface area contributed by atoms with E-state index in [1.54, 1.807) is 18.2 Å². The highest BCUT2D eigenvalue weighted by Crippen LogP contribution is 2.23. The normalized spacial score (nSPS) is 12.5. The van der Waals surface area contributed by atoms with Crippen LogP contribution in [0.25, 0.3) is 0 Å². The molecule has 0 aromatic heterocycles. The van der Waals surface area contributed by atoms with Crippen LogP contribution in [0.5, 0.6) is 0 Å². The van der Waals surface area contributed by atoms with Crippen LogP contribution < -0.4 is 9.62 Å². The van der Waals surface area contributed by atoms with Crippen molar-refractivity contribution in [1.29, 1.82) is 0 Å². The summed E-state index contributed by atoms with van der Waals surface area (Å²) in [6.45, 7) is 7.84. The molecule has 1 amide bonds. The zero-order valence-corrected chi connectivity index (χ0v) is 16.9. The molecule has 2 aromatic rings. The number of rotatable bonds is 5. The Bertz CT molecular complexity index is 936. The predicted molar refractivity (Wildman–Crippen MR) is 106 cm³/mol. The number of hydrogen-bond acceptors (Lipinski definition) is 3. The van der Waals surface area contributed by atoms with E-state index in [-0.39, 0.29) is 11.9 Å². The molecule has 0 radical (unpaired) electrons. The van der Waals surface area contributed by atoms with Gasteiger partial charge in [0, 0.05) is 12.6 Å². The van der Waals surface area contributed by atoms with E-state index in [1.165, 1.54) is 22.5 Å². The van der Waals surface area contributed by atoms with Crippen molar-refractivity contribution in [3.8, 4) is 0 Å². The summed E-state index contributed by atoms with van der Waals surface area (Å²) in [7, 11) is -1.91. The Morgan fingerprint density at radius 2 is 1.62 bits per heavy atom. The Morgan fingerprint density at radius 1 is 1.00 bits per heavy atom. The monoisotopic (exact) mass is 374 g/mol. The standard InChI is InChI=1S/C20H26N2O3S/c1-13-7-9-17(11-15(13)3)16(4)21-20(23)18-10-8-14(2)19(12-18)22(5)26(6,24)25/h7-12,16H,1-6H3,(H,21,23). The zero-order chi connectivity index (χ0) is 19.6. The second-order valence-corrected chi connectivity index (χ2v) is 8.78. The molecule has 1 N–H and O–H groups in total. The van der Waals surface area contributed by atoms with E-state index in [0.29, 0.717) is 11.3 Å². The first kappa shape index (κ1) is 20.0. The van der Waals surface area contributed by atoms with Crippen molar-refractivity contribution in [2.75, 3.05) is 17.6 Å². The fraction of sp³-hybridized carbons (Fsp3) is 0.350. The van der Waals surface area contributed by atoms with Gasteiger partial charge in [0.15, 0.2) is 0 Å². The molecule has 0 fully saturated rings. The maximum atomic E-state index is 12.6. The van der Waals surface area contributed by atoms with Crippen molar-refractivity contribution in [3.63, 3.8) is 0 Å². The molecule has 0 aliphatic rings. The molecule has 5 nitrogen and oxygen atoms in total. The quantitative estimate of drug-likeness (QED) is 0.871. The molecule has 0 saturated heterocycles. The van der Waals surface area contributed by atoms with Gasteiger partial charge in [-0.05, 0) is 62.1 Å². The van der Waals surface area contributed by atoms with Gasteiger partial charge in [-0.2, -0.15) is 0 Å². The van der Waals surface area contributed by atoms with Crippen LogP contribution in [-0.2, 0) is 10.0 Å². The number of benzene rings is 2. The van der Waals surface area contributed by atoms with Crippen LogP contribution >= 0.6 is 0 Å². The lowest BCUT2D eigenvalue weighted by molar-refractivity contribution is 0.0940. The first-order chi connectivity index (χ1) is 12.0. The van der Waals surface area contributed by atoms with Gasteiger partial charge in [-0.1, -0.05) is 24.3 Å². The van der Waals surface area contributed by atoms with Gasteiger partial charge < -0.3 is 5.32 Å². The number of carbonyl (C=O) groups excluding carboxylic acids is 1. The predicted octanol–water partition coefficient (Wildman–Crippen LogP) is 3.50. The summed E-state index contributed by atoms with van der Waals surface area (Å²) < 4.78 is 24.8. The Hall–Kier alpha value is -2.34. The largest absolute Gasteiger partial charge is 0.346 e.